The Labute approximate surface area is 87.9 Å². The molecule has 0 aromatic carbocycles. The molecule has 0 saturated carbocycles. The maximum Gasteiger partial charge on any atom is 0.0828 e. The van der Waals surface area contributed by atoms with Crippen molar-refractivity contribution in [3.63, 3.8) is 0 Å². The number of aryl methyl sites for hydroxylation is 2. The smallest absolute Gasteiger partial charge is 0.0828 e. The van der Waals surface area contributed by atoms with Crippen molar-refractivity contribution in [1.29, 1.82) is 0 Å². The average molecular weight is 203 g/mol. The number of hydrogen-bond donors (Lipinski definition) is 2. The lowest BCUT2D eigenvalue weighted by molar-refractivity contribution is 0.756. The standard InChI is InChI=1S/C10H13N5/c1-7-10(6-15(2)14-7)13-9-3-4-12-5-8(9)11/h3-6H,11H2,1-2H3,(H,12,13). The van der Waals surface area contributed by atoms with Gasteiger partial charge in [0.25, 0.3) is 0 Å². The topological polar surface area (TPSA) is 68.8 Å². The first-order chi connectivity index (χ1) is 7.16. The summed E-state index contributed by atoms with van der Waals surface area (Å²) in [5.74, 6) is 0. The highest BCUT2D eigenvalue weighted by molar-refractivity contribution is 5.71. The van der Waals surface area contributed by atoms with Crippen LogP contribution in [0.5, 0.6) is 0 Å². The van der Waals surface area contributed by atoms with Gasteiger partial charge in [0.05, 0.1) is 29.0 Å². The highest BCUT2D eigenvalue weighted by atomic mass is 15.3. The first-order valence-corrected chi connectivity index (χ1v) is 4.63. The molecule has 2 heterocycles. The van der Waals surface area contributed by atoms with E-state index in [9.17, 15) is 0 Å². The van der Waals surface area contributed by atoms with Gasteiger partial charge in [-0.05, 0) is 13.0 Å². The Balaban J connectivity index is 2.29. The van der Waals surface area contributed by atoms with Crippen LogP contribution in [0, 0.1) is 6.92 Å². The third-order valence-corrected chi connectivity index (χ3v) is 2.13. The molecule has 0 saturated heterocycles. The van der Waals surface area contributed by atoms with Crippen molar-refractivity contribution >= 4 is 17.1 Å². The molecule has 15 heavy (non-hydrogen) atoms. The number of nitrogens with one attached hydrogen (secondary N) is 1. The number of rotatable bonds is 2. The number of hydrogen-bond acceptors (Lipinski definition) is 4. The van der Waals surface area contributed by atoms with E-state index >= 15 is 0 Å². The third kappa shape index (κ3) is 1.90. The summed E-state index contributed by atoms with van der Waals surface area (Å²) in [6, 6.07) is 1.84. The summed E-state index contributed by atoms with van der Waals surface area (Å²) in [6.07, 6.45) is 5.23. The van der Waals surface area contributed by atoms with E-state index in [1.54, 1.807) is 17.1 Å². The van der Waals surface area contributed by atoms with Crippen molar-refractivity contribution in [2.75, 3.05) is 11.1 Å². The fourth-order valence-electron chi connectivity index (χ4n) is 1.39. The van der Waals surface area contributed by atoms with Gasteiger partial charge in [-0.3, -0.25) is 9.67 Å². The SMILES string of the molecule is Cc1nn(C)cc1Nc1ccncc1N. The Morgan fingerprint density at radius 3 is 2.80 bits per heavy atom. The second kappa shape index (κ2) is 3.61. The number of nitrogens with zero attached hydrogens (tertiary/aromatic N) is 3. The molecule has 5 nitrogen and oxygen atoms in total. The summed E-state index contributed by atoms with van der Waals surface area (Å²) in [4.78, 5) is 3.93. The minimum atomic E-state index is 0.626. The summed E-state index contributed by atoms with van der Waals surface area (Å²) < 4.78 is 1.76. The van der Waals surface area contributed by atoms with E-state index in [-0.39, 0.29) is 0 Å². The zero-order valence-electron chi connectivity index (χ0n) is 8.73. The molecule has 0 spiro atoms. The van der Waals surface area contributed by atoms with Gasteiger partial charge in [0.1, 0.15) is 0 Å². The van der Waals surface area contributed by atoms with Gasteiger partial charge in [0.2, 0.25) is 0 Å². The first kappa shape index (κ1) is 9.51. The maximum absolute atomic E-state index is 5.77. The number of nitrogens with two attached hydrogens (primary N) is 1. The molecule has 0 radical (unpaired) electrons. The molecule has 78 valence electrons. The van der Waals surface area contributed by atoms with Crippen LogP contribution in [0.2, 0.25) is 0 Å². The Morgan fingerprint density at radius 1 is 1.40 bits per heavy atom. The molecule has 0 atom stereocenters. The van der Waals surface area contributed by atoms with E-state index in [4.69, 9.17) is 5.73 Å². The number of nitrogen functional groups attached to an aromatic ring is 1. The lowest BCUT2D eigenvalue weighted by Gasteiger charge is -2.06. The minimum absolute atomic E-state index is 0.626. The first-order valence-electron chi connectivity index (χ1n) is 4.63. The van der Waals surface area contributed by atoms with Gasteiger partial charge in [-0.25, -0.2) is 0 Å². The summed E-state index contributed by atoms with van der Waals surface area (Å²) in [5.41, 5.74) is 9.14. The molecular weight excluding hydrogens is 190 g/mol. The van der Waals surface area contributed by atoms with Gasteiger partial charge in [-0.2, -0.15) is 5.10 Å². The van der Waals surface area contributed by atoms with Crippen LogP contribution in [-0.4, -0.2) is 14.8 Å². The van der Waals surface area contributed by atoms with E-state index in [2.05, 4.69) is 15.4 Å². The number of pyridine rings is 1. The molecule has 0 bridgehead atoms. The highest BCUT2D eigenvalue weighted by Gasteiger charge is 2.04. The Bertz CT molecular complexity index is 474. The van der Waals surface area contributed by atoms with Crippen LogP contribution in [0.4, 0.5) is 17.1 Å². The second-order valence-corrected chi connectivity index (χ2v) is 3.39. The summed E-state index contributed by atoms with van der Waals surface area (Å²) in [5, 5.41) is 7.45. The molecule has 5 heteroatoms. The molecule has 0 aliphatic rings. The van der Waals surface area contributed by atoms with Crippen LogP contribution in [0.3, 0.4) is 0 Å². The van der Waals surface area contributed by atoms with E-state index in [1.807, 2.05) is 26.2 Å². The van der Waals surface area contributed by atoms with Crippen molar-refractivity contribution in [2.24, 2.45) is 7.05 Å². The minimum Gasteiger partial charge on any atom is -0.396 e. The van der Waals surface area contributed by atoms with Gasteiger partial charge in [-0.1, -0.05) is 0 Å². The lowest BCUT2D eigenvalue weighted by atomic mass is 10.3. The number of anilines is 3. The molecule has 0 fully saturated rings. The van der Waals surface area contributed by atoms with Crippen molar-refractivity contribution in [3.05, 3.63) is 30.4 Å². The van der Waals surface area contributed by atoms with E-state index < -0.39 is 0 Å². The summed E-state index contributed by atoms with van der Waals surface area (Å²) >= 11 is 0. The Hall–Kier alpha value is -2.04. The molecule has 3 N–H and O–H groups in total. The Kier molecular flexibility index (Phi) is 2.29. The molecule has 0 amide bonds. The summed E-state index contributed by atoms with van der Waals surface area (Å²) in [7, 11) is 1.88. The van der Waals surface area contributed by atoms with Crippen molar-refractivity contribution in [1.82, 2.24) is 14.8 Å². The van der Waals surface area contributed by atoms with Gasteiger partial charge < -0.3 is 11.1 Å². The fraction of sp³-hybridized carbons (Fsp3) is 0.200. The van der Waals surface area contributed by atoms with Gasteiger partial charge in [0, 0.05) is 19.4 Å². The largest absolute Gasteiger partial charge is 0.396 e. The van der Waals surface area contributed by atoms with E-state index in [0.29, 0.717) is 5.69 Å². The third-order valence-electron chi connectivity index (χ3n) is 2.13. The second-order valence-electron chi connectivity index (χ2n) is 3.39. The molecular formula is C10H13N5. The molecule has 0 aliphatic carbocycles. The molecule has 2 rings (SSSR count). The van der Waals surface area contributed by atoms with E-state index in [0.717, 1.165) is 17.1 Å². The average Bonchev–Trinajstić information content (AvgIpc) is 2.49. The molecule has 2 aromatic heterocycles. The van der Waals surface area contributed by atoms with Gasteiger partial charge >= 0.3 is 0 Å². The van der Waals surface area contributed by atoms with Gasteiger partial charge in [-0.15, -0.1) is 0 Å². The van der Waals surface area contributed by atoms with E-state index in [1.165, 1.54) is 0 Å². The molecule has 0 aliphatic heterocycles. The number of aromatic nitrogens is 3. The van der Waals surface area contributed by atoms with Crippen LogP contribution in [0.25, 0.3) is 0 Å². The zero-order chi connectivity index (χ0) is 10.8. The molecule has 0 unspecified atom stereocenters. The van der Waals surface area contributed by atoms with Crippen LogP contribution in [0.1, 0.15) is 5.69 Å². The highest BCUT2D eigenvalue weighted by Crippen LogP contribution is 2.22. The van der Waals surface area contributed by atoms with Crippen LogP contribution >= 0.6 is 0 Å². The lowest BCUT2D eigenvalue weighted by Crippen LogP contribution is -1.96. The van der Waals surface area contributed by atoms with Crippen molar-refractivity contribution in [2.45, 2.75) is 6.92 Å². The van der Waals surface area contributed by atoms with Crippen LogP contribution < -0.4 is 11.1 Å². The van der Waals surface area contributed by atoms with Crippen LogP contribution in [0.15, 0.2) is 24.7 Å². The van der Waals surface area contributed by atoms with Crippen LogP contribution in [-0.2, 0) is 7.05 Å². The summed E-state index contributed by atoms with van der Waals surface area (Å²) in [6.45, 7) is 1.94. The normalized spacial score (nSPS) is 10.3. The quantitative estimate of drug-likeness (QED) is 0.775. The fourth-order valence-corrected chi connectivity index (χ4v) is 1.39. The van der Waals surface area contributed by atoms with Gasteiger partial charge in [0.15, 0.2) is 0 Å². The zero-order valence-corrected chi connectivity index (χ0v) is 8.73. The monoisotopic (exact) mass is 203 g/mol. The predicted molar refractivity (Wildman–Crippen MR) is 59.9 cm³/mol. The predicted octanol–water partition coefficient (Wildman–Crippen LogP) is 1.45. The van der Waals surface area contributed by atoms with Crippen molar-refractivity contribution < 1.29 is 0 Å². The Morgan fingerprint density at radius 2 is 2.20 bits per heavy atom. The maximum atomic E-state index is 5.77. The van der Waals surface area contributed by atoms with Crippen molar-refractivity contribution in [3.8, 4) is 0 Å². The molecule has 2 aromatic rings.